The van der Waals surface area contributed by atoms with E-state index < -0.39 is 5.41 Å². The highest BCUT2D eigenvalue weighted by molar-refractivity contribution is 6.00. The molecular formula is C18H27N3O3. The number of nitrogens with zero attached hydrogens (tertiary/aromatic N) is 2. The van der Waals surface area contributed by atoms with Gasteiger partial charge in [-0.3, -0.25) is 14.9 Å². The Morgan fingerprint density at radius 1 is 1.29 bits per heavy atom. The van der Waals surface area contributed by atoms with Crippen LogP contribution in [0.15, 0.2) is 0 Å². The maximum atomic E-state index is 12.5. The third-order valence-electron chi connectivity index (χ3n) is 4.60. The van der Waals surface area contributed by atoms with E-state index in [1.165, 1.54) is 0 Å². The molecule has 0 spiro atoms. The van der Waals surface area contributed by atoms with Crippen molar-refractivity contribution in [2.45, 2.75) is 54.4 Å². The molecule has 6 heteroatoms. The molecule has 0 atom stereocenters. The number of nitro benzene ring substituents is 1. The van der Waals surface area contributed by atoms with Crippen molar-refractivity contribution in [2.24, 2.45) is 5.41 Å². The maximum absolute atomic E-state index is 12.5. The van der Waals surface area contributed by atoms with Crippen LogP contribution in [-0.2, 0) is 11.2 Å². The average Bonchev–Trinajstić information content (AvgIpc) is 2.86. The number of hydrogen-bond acceptors (Lipinski definition) is 4. The second-order valence-corrected chi connectivity index (χ2v) is 7.50. The molecule has 1 aromatic carbocycles. The fourth-order valence-electron chi connectivity index (χ4n) is 3.28. The van der Waals surface area contributed by atoms with Crippen molar-refractivity contribution in [2.75, 3.05) is 23.3 Å². The van der Waals surface area contributed by atoms with Crippen molar-refractivity contribution in [1.82, 2.24) is 0 Å². The number of nitro groups is 1. The zero-order valence-corrected chi connectivity index (χ0v) is 15.4. The fraction of sp³-hybridized carbons (Fsp3) is 0.611. The number of carbonyl (C=O) groups is 1. The van der Waals surface area contributed by atoms with Gasteiger partial charge in [0.05, 0.1) is 21.9 Å². The summed E-state index contributed by atoms with van der Waals surface area (Å²) in [5.41, 5.74) is 3.38. The van der Waals surface area contributed by atoms with Gasteiger partial charge in [0.2, 0.25) is 5.91 Å². The predicted molar refractivity (Wildman–Crippen MR) is 96.9 cm³/mol. The highest BCUT2D eigenvalue weighted by atomic mass is 16.6. The molecule has 0 radical (unpaired) electrons. The lowest BCUT2D eigenvalue weighted by Crippen LogP contribution is -2.30. The first kappa shape index (κ1) is 18.2. The summed E-state index contributed by atoms with van der Waals surface area (Å²) in [7, 11) is 0. The average molecular weight is 333 g/mol. The van der Waals surface area contributed by atoms with Crippen molar-refractivity contribution < 1.29 is 9.72 Å². The number of anilines is 2. The second kappa shape index (κ2) is 6.42. The highest BCUT2D eigenvalue weighted by Crippen LogP contribution is 2.45. The molecule has 1 aliphatic rings. The number of hydrogen-bond donors (Lipinski definition) is 1. The van der Waals surface area contributed by atoms with E-state index in [2.05, 4.69) is 17.1 Å². The van der Waals surface area contributed by atoms with Gasteiger partial charge in [-0.2, -0.15) is 0 Å². The maximum Gasteiger partial charge on any atom is 0.277 e. The molecule has 0 saturated carbocycles. The van der Waals surface area contributed by atoms with E-state index in [1.54, 1.807) is 6.92 Å². The zero-order chi connectivity index (χ0) is 18.2. The van der Waals surface area contributed by atoms with Crippen LogP contribution in [0, 0.1) is 29.4 Å². The lowest BCUT2D eigenvalue weighted by molar-refractivity contribution is -0.386. The van der Waals surface area contributed by atoms with Crippen molar-refractivity contribution in [3.63, 3.8) is 0 Å². The molecule has 1 N–H and O–H groups in total. The smallest absolute Gasteiger partial charge is 0.277 e. The summed E-state index contributed by atoms with van der Waals surface area (Å²) in [5, 5.41) is 14.5. The molecule has 2 rings (SSSR count). The van der Waals surface area contributed by atoms with Crippen LogP contribution in [-0.4, -0.2) is 23.9 Å². The van der Waals surface area contributed by atoms with Crippen LogP contribution < -0.4 is 10.2 Å². The Hall–Kier alpha value is -2.11. The van der Waals surface area contributed by atoms with Crippen molar-refractivity contribution in [3.8, 4) is 0 Å². The molecule has 1 aliphatic heterocycles. The van der Waals surface area contributed by atoms with Crippen molar-refractivity contribution in [1.29, 1.82) is 0 Å². The van der Waals surface area contributed by atoms with E-state index in [0.717, 1.165) is 42.7 Å². The number of carbonyl (C=O) groups excluding carboxylic acids is 1. The molecule has 0 fully saturated rings. The normalized spacial score (nSPS) is 13.8. The summed E-state index contributed by atoms with van der Waals surface area (Å²) in [5.74, 6) is -0.130. The molecule has 1 aromatic rings. The van der Waals surface area contributed by atoms with Gasteiger partial charge in [-0.05, 0) is 32.3 Å². The van der Waals surface area contributed by atoms with Crippen LogP contribution >= 0.6 is 0 Å². The van der Waals surface area contributed by atoms with Gasteiger partial charge in [0.25, 0.3) is 5.69 Å². The van der Waals surface area contributed by atoms with Gasteiger partial charge < -0.3 is 10.2 Å². The Morgan fingerprint density at radius 2 is 1.92 bits per heavy atom. The van der Waals surface area contributed by atoms with Crippen LogP contribution in [0.4, 0.5) is 17.1 Å². The quantitative estimate of drug-likeness (QED) is 0.668. The molecular weight excluding hydrogens is 306 g/mol. The van der Waals surface area contributed by atoms with E-state index in [4.69, 9.17) is 0 Å². The Bertz CT molecular complexity index is 690. The first-order valence-electron chi connectivity index (χ1n) is 8.46. The summed E-state index contributed by atoms with van der Waals surface area (Å²) in [6, 6.07) is 0. The summed E-state index contributed by atoms with van der Waals surface area (Å²) >= 11 is 0. The van der Waals surface area contributed by atoms with Gasteiger partial charge in [0.1, 0.15) is 0 Å². The Balaban J connectivity index is 2.67. The lowest BCUT2D eigenvalue weighted by atomic mass is 9.93. The minimum atomic E-state index is -0.562. The monoisotopic (exact) mass is 333 g/mol. The lowest BCUT2D eigenvalue weighted by Gasteiger charge is -2.26. The SMILES string of the molecule is CCCN1CCc2c(C)c([N+](=O)[O-])c(C)c(NC(=O)C(C)(C)C)c21. The van der Waals surface area contributed by atoms with Crippen LogP contribution in [0.2, 0.25) is 0 Å². The number of benzene rings is 1. The molecule has 0 saturated heterocycles. The standard InChI is InChI=1S/C18H27N3O3/c1-7-9-20-10-8-13-11(2)15(21(23)24)12(3)14(16(13)20)19-17(22)18(4,5)6/h7-10H2,1-6H3,(H,19,22). The number of fused-ring (bicyclic) bond motifs is 1. The molecule has 6 nitrogen and oxygen atoms in total. The molecule has 1 heterocycles. The van der Waals surface area contributed by atoms with Crippen LogP contribution in [0.25, 0.3) is 0 Å². The van der Waals surface area contributed by atoms with E-state index in [0.29, 0.717) is 11.3 Å². The summed E-state index contributed by atoms with van der Waals surface area (Å²) < 4.78 is 0. The number of nitrogens with one attached hydrogen (secondary N) is 1. The van der Waals surface area contributed by atoms with Crippen LogP contribution in [0.1, 0.15) is 50.8 Å². The van der Waals surface area contributed by atoms with Gasteiger partial charge in [-0.1, -0.05) is 27.7 Å². The van der Waals surface area contributed by atoms with Crippen LogP contribution in [0.5, 0.6) is 0 Å². The topological polar surface area (TPSA) is 75.5 Å². The summed E-state index contributed by atoms with van der Waals surface area (Å²) in [6.07, 6.45) is 1.77. The molecule has 0 aromatic heterocycles. The Kier molecular flexibility index (Phi) is 4.87. The third-order valence-corrected chi connectivity index (χ3v) is 4.60. The van der Waals surface area contributed by atoms with Gasteiger partial charge in [-0.15, -0.1) is 0 Å². The van der Waals surface area contributed by atoms with E-state index >= 15 is 0 Å². The summed E-state index contributed by atoms with van der Waals surface area (Å²) in [4.78, 5) is 26.0. The molecule has 24 heavy (non-hydrogen) atoms. The highest BCUT2D eigenvalue weighted by Gasteiger charge is 2.34. The molecule has 0 aliphatic carbocycles. The van der Waals surface area contributed by atoms with Gasteiger partial charge in [-0.25, -0.2) is 0 Å². The molecule has 0 unspecified atom stereocenters. The minimum absolute atomic E-state index is 0.122. The molecule has 132 valence electrons. The zero-order valence-electron chi connectivity index (χ0n) is 15.4. The first-order chi connectivity index (χ1) is 11.1. The second-order valence-electron chi connectivity index (χ2n) is 7.50. The third kappa shape index (κ3) is 3.09. The van der Waals surface area contributed by atoms with Crippen LogP contribution in [0.3, 0.4) is 0 Å². The Morgan fingerprint density at radius 3 is 2.42 bits per heavy atom. The Labute approximate surface area is 143 Å². The predicted octanol–water partition coefficient (Wildman–Crippen LogP) is 3.97. The van der Waals surface area contributed by atoms with E-state index in [1.807, 2.05) is 27.7 Å². The number of amides is 1. The van der Waals surface area contributed by atoms with Gasteiger partial charge in [0.15, 0.2) is 0 Å². The van der Waals surface area contributed by atoms with Gasteiger partial charge in [0, 0.05) is 24.1 Å². The largest absolute Gasteiger partial charge is 0.369 e. The van der Waals surface area contributed by atoms with Crippen molar-refractivity contribution >= 4 is 23.0 Å². The van der Waals surface area contributed by atoms with E-state index in [-0.39, 0.29) is 16.5 Å². The van der Waals surface area contributed by atoms with Gasteiger partial charge >= 0.3 is 0 Å². The molecule has 1 amide bonds. The minimum Gasteiger partial charge on any atom is -0.369 e. The fourth-order valence-corrected chi connectivity index (χ4v) is 3.28. The molecule has 0 bridgehead atoms. The first-order valence-corrected chi connectivity index (χ1v) is 8.46. The van der Waals surface area contributed by atoms with Crippen molar-refractivity contribution in [3.05, 3.63) is 26.8 Å². The number of rotatable bonds is 4. The summed E-state index contributed by atoms with van der Waals surface area (Å²) in [6.45, 7) is 12.9. The van der Waals surface area contributed by atoms with E-state index in [9.17, 15) is 14.9 Å².